The van der Waals surface area contributed by atoms with Gasteiger partial charge >= 0.3 is 5.97 Å². The molecule has 2 N–H and O–H groups in total. The monoisotopic (exact) mass is 324 g/mol. The van der Waals surface area contributed by atoms with Gasteiger partial charge in [-0.2, -0.15) is 11.3 Å². The van der Waals surface area contributed by atoms with Crippen LogP contribution in [-0.2, 0) is 9.59 Å². The second-order valence-electron chi connectivity index (χ2n) is 5.53. The quantitative estimate of drug-likeness (QED) is 0.760. The highest BCUT2D eigenvalue weighted by Crippen LogP contribution is 2.28. The van der Waals surface area contributed by atoms with Gasteiger partial charge < -0.3 is 15.3 Å². The van der Waals surface area contributed by atoms with Gasteiger partial charge in [-0.25, -0.2) is 0 Å². The Labute approximate surface area is 133 Å². The first-order chi connectivity index (χ1) is 10.5. The molecule has 1 saturated carbocycles. The summed E-state index contributed by atoms with van der Waals surface area (Å²) in [6.45, 7) is 2.10. The van der Waals surface area contributed by atoms with Crippen LogP contribution in [0.3, 0.4) is 0 Å². The molecule has 1 fully saturated rings. The van der Waals surface area contributed by atoms with Crippen molar-refractivity contribution in [3.05, 3.63) is 22.4 Å². The number of aliphatic carboxylic acids is 1. The Bertz CT molecular complexity index is 540. The van der Waals surface area contributed by atoms with Gasteiger partial charge in [0.2, 0.25) is 5.91 Å². The van der Waals surface area contributed by atoms with Crippen molar-refractivity contribution >= 4 is 29.1 Å². The van der Waals surface area contributed by atoms with Crippen LogP contribution in [0.25, 0.3) is 0 Å². The lowest BCUT2D eigenvalue weighted by Gasteiger charge is -2.24. The lowest BCUT2D eigenvalue weighted by atomic mass is 10.1. The van der Waals surface area contributed by atoms with Crippen LogP contribution in [0.4, 0.5) is 0 Å². The Morgan fingerprint density at radius 2 is 2.18 bits per heavy atom. The predicted octanol–water partition coefficient (Wildman–Crippen LogP) is 1.58. The minimum absolute atomic E-state index is 0.0961. The number of hydrogen-bond acceptors (Lipinski definition) is 4. The van der Waals surface area contributed by atoms with Crippen molar-refractivity contribution in [2.24, 2.45) is 5.92 Å². The highest BCUT2D eigenvalue weighted by Gasteiger charge is 2.34. The smallest absolute Gasteiger partial charge is 0.308 e. The van der Waals surface area contributed by atoms with Crippen LogP contribution in [0.2, 0.25) is 0 Å². The lowest BCUT2D eigenvalue weighted by Crippen LogP contribution is -2.40. The normalized spacial score (nSPS) is 15.1. The first-order valence-electron chi connectivity index (χ1n) is 7.31. The van der Waals surface area contributed by atoms with E-state index in [-0.39, 0.29) is 37.4 Å². The average Bonchev–Trinajstić information content (AvgIpc) is 3.16. The molecule has 120 valence electrons. The van der Waals surface area contributed by atoms with E-state index >= 15 is 0 Å². The van der Waals surface area contributed by atoms with E-state index < -0.39 is 11.9 Å². The number of hydrogen-bond donors (Lipinski definition) is 2. The van der Waals surface area contributed by atoms with Crippen LogP contribution in [-0.4, -0.2) is 46.9 Å². The number of carboxylic acid groups (broad SMARTS) is 1. The third-order valence-corrected chi connectivity index (χ3v) is 4.29. The molecular formula is C15H20N2O4S. The Morgan fingerprint density at radius 3 is 2.73 bits per heavy atom. The summed E-state index contributed by atoms with van der Waals surface area (Å²) >= 11 is 1.44. The predicted molar refractivity (Wildman–Crippen MR) is 82.8 cm³/mol. The molecule has 0 spiro atoms. The van der Waals surface area contributed by atoms with Crippen molar-refractivity contribution < 1.29 is 19.5 Å². The van der Waals surface area contributed by atoms with Gasteiger partial charge in [0.25, 0.3) is 5.91 Å². The molecule has 22 heavy (non-hydrogen) atoms. The Balaban J connectivity index is 1.79. The van der Waals surface area contributed by atoms with E-state index in [4.69, 9.17) is 5.11 Å². The summed E-state index contributed by atoms with van der Waals surface area (Å²) in [5, 5.41) is 15.3. The van der Waals surface area contributed by atoms with Crippen molar-refractivity contribution in [3.8, 4) is 0 Å². The topological polar surface area (TPSA) is 86.7 Å². The number of carbonyl (C=O) groups is 3. The Morgan fingerprint density at radius 1 is 1.45 bits per heavy atom. The molecule has 0 bridgehead atoms. The molecule has 1 heterocycles. The van der Waals surface area contributed by atoms with Gasteiger partial charge in [-0.05, 0) is 24.3 Å². The zero-order valence-electron chi connectivity index (χ0n) is 12.4. The van der Waals surface area contributed by atoms with Crippen molar-refractivity contribution in [3.63, 3.8) is 0 Å². The molecule has 2 amide bonds. The van der Waals surface area contributed by atoms with Crippen molar-refractivity contribution in [2.45, 2.75) is 32.2 Å². The molecular weight excluding hydrogens is 304 g/mol. The number of carboxylic acids is 1. The minimum atomic E-state index is -0.899. The molecule has 1 aliphatic rings. The van der Waals surface area contributed by atoms with Gasteiger partial charge in [-0.1, -0.05) is 6.92 Å². The van der Waals surface area contributed by atoms with Crippen molar-refractivity contribution in [1.29, 1.82) is 0 Å². The van der Waals surface area contributed by atoms with E-state index in [1.165, 1.54) is 11.3 Å². The summed E-state index contributed by atoms with van der Waals surface area (Å²) in [6, 6.07) is 1.90. The van der Waals surface area contributed by atoms with E-state index in [0.29, 0.717) is 5.56 Å². The van der Waals surface area contributed by atoms with Crippen LogP contribution < -0.4 is 5.32 Å². The second kappa shape index (κ2) is 7.40. The van der Waals surface area contributed by atoms with E-state index in [0.717, 1.165) is 12.8 Å². The maximum atomic E-state index is 12.2. The van der Waals surface area contributed by atoms with Crippen molar-refractivity contribution in [2.75, 3.05) is 13.1 Å². The van der Waals surface area contributed by atoms with Gasteiger partial charge in [0, 0.05) is 36.5 Å². The summed E-state index contributed by atoms with van der Waals surface area (Å²) in [5.41, 5.74) is 0.594. The summed E-state index contributed by atoms with van der Waals surface area (Å²) in [4.78, 5) is 36.6. The van der Waals surface area contributed by atoms with Crippen molar-refractivity contribution in [1.82, 2.24) is 10.2 Å². The number of nitrogens with one attached hydrogen (secondary N) is 1. The SMILES string of the molecule is CC(CN(C(=O)CCNC(=O)c1ccsc1)C1CC1)C(=O)O. The van der Waals surface area contributed by atoms with Gasteiger partial charge in [0.1, 0.15) is 0 Å². The van der Waals surface area contributed by atoms with Crippen LogP contribution in [0.1, 0.15) is 36.5 Å². The van der Waals surface area contributed by atoms with E-state index in [9.17, 15) is 14.4 Å². The molecule has 1 atom stereocenters. The molecule has 0 aromatic carbocycles. The average molecular weight is 324 g/mol. The summed E-state index contributed by atoms with van der Waals surface area (Å²) in [5.74, 6) is -1.76. The van der Waals surface area contributed by atoms with Gasteiger partial charge in [0.15, 0.2) is 0 Å². The van der Waals surface area contributed by atoms with E-state index in [2.05, 4.69) is 5.32 Å². The number of carbonyl (C=O) groups excluding carboxylic acids is 2. The summed E-state index contributed by atoms with van der Waals surface area (Å²) in [6.07, 6.45) is 2.05. The maximum Gasteiger partial charge on any atom is 0.308 e. The van der Waals surface area contributed by atoms with Gasteiger partial charge in [-0.15, -0.1) is 0 Å². The maximum absolute atomic E-state index is 12.2. The van der Waals surface area contributed by atoms with Gasteiger partial charge in [-0.3, -0.25) is 14.4 Å². The van der Waals surface area contributed by atoms with E-state index in [1.807, 2.05) is 5.38 Å². The second-order valence-corrected chi connectivity index (χ2v) is 6.31. The molecule has 0 aliphatic heterocycles. The summed E-state index contributed by atoms with van der Waals surface area (Å²) < 4.78 is 0. The fraction of sp³-hybridized carbons (Fsp3) is 0.533. The Kier molecular flexibility index (Phi) is 5.54. The molecule has 1 aromatic rings. The summed E-state index contributed by atoms with van der Waals surface area (Å²) in [7, 11) is 0. The number of rotatable bonds is 8. The Hall–Kier alpha value is -1.89. The molecule has 0 radical (unpaired) electrons. The molecule has 7 heteroatoms. The standard InChI is InChI=1S/C15H20N2O4S/c1-10(15(20)21)8-17(12-2-3-12)13(18)4-6-16-14(19)11-5-7-22-9-11/h5,7,9-10,12H,2-4,6,8H2,1H3,(H,16,19)(H,20,21). The number of nitrogens with zero attached hydrogens (tertiary/aromatic N) is 1. The molecule has 1 unspecified atom stereocenters. The third kappa shape index (κ3) is 4.56. The highest BCUT2D eigenvalue weighted by molar-refractivity contribution is 7.08. The minimum Gasteiger partial charge on any atom is -0.481 e. The fourth-order valence-electron chi connectivity index (χ4n) is 2.14. The number of thiophene rings is 1. The zero-order valence-corrected chi connectivity index (χ0v) is 13.3. The first-order valence-corrected chi connectivity index (χ1v) is 8.26. The first kappa shape index (κ1) is 16.5. The zero-order chi connectivity index (χ0) is 16.1. The van der Waals surface area contributed by atoms with Gasteiger partial charge in [0.05, 0.1) is 5.92 Å². The molecule has 0 saturated heterocycles. The lowest BCUT2D eigenvalue weighted by molar-refractivity contribution is -0.143. The van der Waals surface area contributed by atoms with Crippen LogP contribution in [0, 0.1) is 5.92 Å². The van der Waals surface area contributed by atoms with Crippen LogP contribution >= 0.6 is 11.3 Å². The molecule has 1 aromatic heterocycles. The largest absolute Gasteiger partial charge is 0.481 e. The molecule has 2 rings (SSSR count). The van der Waals surface area contributed by atoms with Crippen LogP contribution in [0.15, 0.2) is 16.8 Å². The molecule has 1 aliphatic carbocycles. The molecule has 6 nitrogen and oxygen atoms in total. The third-order valence-electron chi connectivity index (χ3n) is 3.61. The highest BCUT2D eigenvalue weighted by atomic mass is 32.1. The fourth-order valence-corrected chi connectivity index (χ4v) is 2.77. The van der Waals surface area contributed by atoms with Crippen LogP contribution in [0.5, 0.6) is 0 Å². The van der Waals surface area contributed by atoms with E-state index in [1.54, 1.807) is 23.3 Å². The number of amides is 2.